The van der Waals surface area contributed by atoms with Crippen molar-refractivity contribution in [1.29, 1.82) is 0 Å². The summed E-state index contributed by atoms with van der Waals surface area (Å²) in [6.07, 6.45) is 5.73. The fourth-order valence-corrected chi connectivity index (χ4v) is 2.66. The molecule has 0 aromatic carbocycles. The van der Waals surface area contributed by atoms with Crippen LogP contribution in [0, 0.1) is 11.3 Å². The van der Waals surface area contributed by atoms with Gasteiger partial charge in [0, 0.05) is 13.1 Å². The van der Waals surface area contributed by atoms with Gasteiger partial charge in [-0.3, -0.25) is 0 Å². The van der Waals surface area contributed by atoms with Crippen LogP contribution in [0.4, 0.5) is 11.6 Å². The van der Waals surface area contributed by atoms with E-state index >= 15 is 0 Å². The van der Waals surface area contributed by atoms with Crippen molar-refractivity contribution in [3.8, 4) is 0 Å². The highest BCUT2D eigenvalue weighted by Crippen LogP contribution is 2.61. The molecule has 0 atom stereocenters. The molecular formula is C14H21N3. The largest absolute Gasteiger partial charge is 0.370 e. The summed E-state index contributed by atoms with van der Waals surface area (Å²) in [6, 6.07) is 6.14. The molecule has 2 aliphatic rings. The quantitative estimate of drug-likeness (QED) is 0.790. The Bertz CT molecular complexity index is 394. The maximum atomic E-state index is 4.55. The van der Waals surface area contributed by atoms with Crippen molar-refractivity contribution in [2.75, 3.05) is 23.7 Å². The van der Waals surface area contributed by atoms with Gasteiger partial charge < -0.3 is 10.6 Å². The van der Waals surface area contributed by atoms with Gasteiger partial charge in [-0.15, -0.1) is 0 Å². The van der Waals surface area contributed by atoms with E-state index in [9.17, 15) is 0 Å². The molecule has 2 aliphatic carbocycles. The molecule has 2 fully saturated rings. The Morgan fingerprint density at radius 1 is 1.24 bits per heavy atom. The summed E-state index contributed by atoms with van der Waals surface area (Å²) >= 11 is 0. The number of anilines is 2. The molecule has 2 saturated carbocycles. The maximum Gasteiger partial charge on any atom is 0.128 e. The van der Waals surface area contributed by atoms with Crippen LogP contribution in [-0.4, -0.2) is 18.1 Å². The van der Waals surface area contributed by atoms with Crippen molar-refractivity contribution in [3.63, 3.8) is 0 Å². The second-order valence-electron chi connectivity index (χ2n) is 5.43. The van der Waals surface area contributed by atoms with E-state index in [4.69, 9.17) is 0 Å². The van der Waals surface area contributed by atoms with Gasteiger partial charge in [0.1, 0.15) is 11.6 Å². The fourth-order valence-electron chi connectivity index (χ4n) is 2.66. The van der Waals surface area contributed by atoms with Gasteiger partial charge in [-0.25, -0.2) is 4.98 Å². The Morgan fingerprint density at radius 2 is 1.94 bits per heavy atom. The van der Waals surface area contributed by atoms with Crippen molar-refractivity contribution >= 4 is 11.6 Å². The van der Waals surface area contributed by atoms with Crippen LogP contribution in [0.15, 0.2) is 18.2 Å². The van der Waals surface area contributed by atoms with Gasteiger partial charge in [0.05, 0.1) is 0 Å². The molecule has 92 valence electrons. The van der Waals surface area contributed by atoms with E-state index in [1.54, 1.807) is 0 Å². The average Bonchev–Trinajstić information content (AvgIpc) is 3.19. The normalized spacial score (nSPS) is 21.0. The predicted molar refractivity (Wildman–Crippen MR) is 71.3 cm³/mol. The van der Waals surface area contributed by atoms with Gasteiger partial charge in [-0.2, -0.15) is 0 Å². The number of hydrogen-bond acceptors (Lipinski definition) is 3. The fraction of sp³-hybridized carbons (Fsp3) is 0.643. The van der Waals surface area contributed by atoms with Crippen molar-refractivity contribution in [2.45, 2.75) is 32.6 Å². The van der Waals surface area contributed by atoms with Gasteiger partial charge in [0.2, 0.25) is 0 Å². The number of aromatic nitrogens is 1. The summed E-state index contributed by atoms with van der Waals surface area (Å²) in [4.78, 5) is 4.55. The Balaban J connectivity index is 1.59. The second kappa shape index (κ2) is 4.21. The van der Waals surface area contributed by atoms with E-state index in [1.807, 2.05) is 6.07 Å². The SMILES string of the molecule is CCNc1cccc(NCC2(C3CC3)CC2)n1. The lowest BCUT2D eigenvalue weighted by Gasteiger charge is -2.15. The molecular weight excluding hydrogens is 210 g/mol. The lowest BCUT2D eigenvalue weighted by atomic mass is 10.0. The third-order valence-electron chi connectivity index (χ3n) is 4.06. The lowest BCUT2D eigenvalue weighted by Crippen LogP contribution is -2.18. The van der Waals surface area contributed by atoms with Gasteiger partial charge in [0.25, 0.3) is 0 Å². The van der Waals surface area contributed by atoms with Crippen molar-refractivity contribution in [2.24, 2.45) is 11.3 Å². The Hall–Kier alpha value is -1.25. The van der Waals surface area contributed by atoms with E-state index in [0.29, 0.717) is 5.41 Å². The van der Waals surface area contributed by atoms with Gasteiger partial charge in [-0.1, -0.05) is 6.07 Å². The van der Waals surface area contributed by atoms with Crippen LogP contribution in [0.1, 0.15) is 32.6 Å². The number of hydrogen-bond donors (Lipinski definition) is 2. The molecule has 3 nitrogen and oxygen atoms in total. The Labute approximate surface area is 103 Å². The first kappa shape index (κ1) is 10.9. The molecule has 0 unspecified atom stereocenters. The first-order valence-electron chi connectivity index (χ1n) is 6.77. The van der Waals surface area contributed by atoms with Crippen LogP contribution in [0.2, 0.25) is 0 Å². The second-order valence-corrected chi connectivity index (χ2v) is 5.43. The molecule has 1 aromatic rings. The zero-order chi connectivity index (χ0) is 11.7. The van der Waals surface area contributed by atoms with E-state index in [2.05, 4.69) is 34.7 Å². The molecule has 0 radical (unpaired) electrons. The highest BCUT2D eigenvalue weighted by atomic mass is 15.1. The third-order valence-corrected chi connectivity index (χ3v) is 4.06. The smallest absolute Gasteiger partial charge is 0.128 e. The van der Waals surface area contributed by atoms with Crippen LogP contribution in [-0.2, 0) is 0 Å². The summed E-state index contributed by atoms with van der Waals surface area (Å²) in [6.45, 7) is 4.12. The van der Waals surface area contributed by atoms with Crippen LogP contribution in [0.5, 0.6) is 0 Å². The minimum Gasteiger partial charge on any atom is -0.370 e. The molecule has 1 heterocycles. The molecule has 17 heavy (non-hydrogen) atoms. The summed E-state index contributed by atoms with van der Waals surface area (Å²) in [5.41, 5.74) is 0.635. The van der Waals surface area contributed by atoms with E-state index in [0.717, 1.165) is 30.6 Å². The molecule has 0 spiro atoms. The van der Waals surface area contributed by atoms with Crippen molar-refractivity contribution in [1.82, 2.24) is 4.98 Å². The summed E-state index contributed by atoms with van der Waals surface area (Å²) in [5, 5.41) is 6.76. The van der Waals surface area contributed by atoms with Crippen molar-refractivity contribution in [3.05, 3.63) is 18.2 Å². The van der Waals surface area contributed by atoms with Gasteiger partial charge in [0.15, 0.2) is 0 Å². The summed E-state index contributed by atoms with van der Waals surface area (Å²) in [7, 11) is 0. The highest BCUT2D eigenvalue weighted by Gasteiger charge is 2.53. The summed E-state index contributed by atoms with van der Waals surface area (Å²) < 4.78 is 0. The highest BCUT2D eigenvalue weighted by molar-refractivity contribution is 5.45. The van der Waals surface area contributed by atoms with Crippen LogP contribution in [0.25, 0.3) is 0 Å². The molecule has 0 saturated heterocycles. The minimum atomic E-state index is 0.635. The average molecular weight is 231 g/mol. The topological polar surface area (TPSA) is 37.0 Å². The zero-order valence-corrected chi connectivity index (χ0v) is 10.5. The molecule has 1 aromatic heterocycles. The molecule has 0 aliphatic heterocycles. The van der Waals surface area contributed by atoms with Gasteiger partial charge >= 0.3 is 0 Å². The number of rotatable bonds is 6. The van der Waals surface area contributed by atoms with Crippen LogP contribution >= 0.6 is 0 Å². The maximum absolute atomic E-state index is 4.55. The minimum absolute atomic E-state index is 0.635. The molecule has 2 N–H and O–H groups in total. The Kier molecular flexibility index (Phi) is 2.69. The van der Waals surface area contributed by atoms with E-state index in [1.165, 1.54) is 25.7 Å². The van der Waals surface area contributed by atoms with Crippen LogP contribution < -0.4 is 10.6 Å². The van der Waals surface area contributed by atoms with Gasteiger partial charge in [-0.05, 0) is 56.1 Å². The number of nitrogens with zero attached hydrogens (tertiary/aromatic N) is 1. The molecule has 0 amide bonds. The van der Waals surface area contributed by atoms with Crippen LogP contribution in [0.3, 0.4) is 0 Å². The molecule has 3 heteroatoms. The molecule has 3 rings (SSSR count). The van der Waals surface area contributed by atoms with Crippen molar-refractivity contribution < 1.29 is 0 Å². The first-order valence-corrected chi connectivity index (χ1v) is 6.77. The number of nitrogens with one attached hydrogen (secondary N) is 2. The third kappa shape index (κ3) is 2.38. The summed E-state index contributed by atoms with van der Waals surface area (Å²) in [5.74, 6) is 2.98. The Morgan fingerprint density at radius 3 is 2.53 bits per heavy atom. The predicted octanol–water partition coefficient (Wildman–Crippen LogP) is 3.12. The number of pyridine rings is 1. The molecule has 0 bridgehead atoms. The zero-order valence-electron chi connectivity index (χ0n) is 10.5. The lowest BCUT2D eigenvalue weighted by molar-refractivity contribution is 0.466. The first-order chi connectivity index (χ1) is 8.32. The van der Waals surface area contributed by atoms with E-state index < -0.39 is 0 Å². The monoisotopic (exact) mass is 231 g/mol. The standard InChI is InChI=1S/C14H21N3/c1-2-15-12-4-3-5-13(17-12)16-10-14(8-9-14)11-6-7-11/h3-5,11H,2,6-10H2,1H3,(H2,15,16,17). The van der Waals surface area contributed by atoms with E-state index in [-0.39, 0.29) is 0 Å².